The van der Waals surface area contributed by atoms with E-state index in [4.69, 9.17) is 0 Å². The van der Waals surface area contributed by atoms with Crippen LogP contribution in [0, 0.1) is 0 Å². The second-order valence-electron chi connectivity index (χ2n) is 5.36. The quantitative estimate of drug-likeness (QED) is 0.848. The Morgan fingerprint density at radius 3 is 2.68 bits per heavy atom. The maximum absolute atomic E-state index is 4.64. The molecule has 100 valence electrons. The number of rotatable bonds is 3. The van der Waals surface area contributed by atoms with Gasteiger partial charge in [-0.05, 0) is 36.5 Å². The fourth-order valence-electron chi connectivity index (χ4n) is 2.40. The minimum Gasteiger partial charge on any atom is -0.372 e. The molecule has 3 nitrogen and oxygen atoms in total. The fraction of sp³-hybridized carbons (Fsp3) is 0.467. The Balaban J connectivity index is 1.89. The summed E-state index contributed by atoms with van der Waals surface area (Å²) in [4.78, 5) is 7.08. The standard InChI is InChI=1S/C15H19N3S/c1-11(2)15-16-14(17-19-15)12-6-5-7-13(10-12)18-8-3-4-9-18/h5-7,10-11H,3-4,8-9H2,1-2H3. The topological polar surface area (TPSA) is 29.0 Å². The first kappa shape index (κ1) is 12.6. The van der Waals surface area contributed by atoms with Gasteiger partial charge in [-0.25, -0.2) is 4.98 Å². The lowest BCUT2D eigenvalue weighted by atomic mass is 10.1. The van der Waals surface area contributed by atoms with Gasteiger partial charge in [0.05, 0.1) is 0 Å². The minimum atomic E-state index is 0.452. The van der Waals surface area contributed by atoms with Crippen molar-refractivity contribution >= 4 is 17.2 Å². The van der Waals surface area contributed by atoms with Gasteiger partial charge in [0.1, 0.15) is 5.01 Å². The summed E-state index contributed by atoms with van der Waals surface area (Å²) in [5, 5.41) is 1.11. The van der Waals surface area contributed by atoms with E-state index in [0.29, 0.717) is 5.92 Å². The van der Waals surface area contributed by atoms with Gasteiger partial charge in [0.15, 0.2) is 5.82 Å². The molecular formula is C15H19N3S. The summed E-state index contributed by atoms with van der Waals surface area (Å²) in [5.41, 5.74) is 2.43. The zero-order valence-corrected chi connectivity index (χ0v) is 12.3. The van der Waals surface area contributed by atoms with Crippen LogP contribution >= 0.6 is 11.5 Å². The van der Waals surface area contributed by atoms with Gasteiger partial charge in [0.2, 0.25) is 0 Å². The van der Waals surface area contributed by atoms with E-state index in [-0.39, 0.29) is 0 Å². The molecule has 1 aromatic heterocycles. The lowest BCUT2D eigenvalue weighted by Crippen LogP contribution is -2.17. The Morgan fingerprint density at radius 1 is 1.21 bits per heavy atom. The van der Waals surface area contributed by atoms with Gasteiger partial charge in [-0.3, -0.25) is 0 Å². The monoisotopic (exact) mass is 273 g/mol. The molecule has 0 radical (unpaired) electrons. The minimum absolute atomic E-state index is 0.452. The van der Waals surface area contributed by atoms with Crippen LogP contribution < -0.4 is 4.90 Å². The molecule has 1 aliphatic rings. The summed E-state index contributed by atoms with van der Waals surface area (Å²) in [7, 11) is 0. The molecule has 4 heteroatoms. The molecule has 0 N–H and O–H groups in total. The molecule has 2 heterocycles. The predicted molar refractivity (Wildman–Crippen MR) is 80.9 cm³/mol. The van der Waals surface area contributed by atoms with Crippen LogP contribution in [0.1, 0.15) is 37.6 Å². The molecule has 2 aromatic rings. The average Bonchev–Trinajstić information content (AvgIpc) is 3.10. The van der Waals surface area contributed by atoms with Crippen molar-refractivity contribution in [3.8, 4) is 11.4 Å². The Morgan fingerprint density at radius 2 is 2.00 bits per heavy atom. The van der Waals surface area contributed by atoms with E-state index in [1.54, 1.807) is 0 Å². The van der Waals surface area contributed by atoms with Crippen LogP contribution in [0.4, 0.5) is 5.69 Å². The number of hydrogen-bond donors (Lipinski definition) is 0. The van der Waals surface area contributed by atoms with Crippen LogP contribution in [0.25, 0.3) is 11.4 Å². The number of benzene rings is 1. The van der Waals surface area contributed by atoms with Crippen LogP contribution in [0.5, 0.6) is 0 Å². The molecule has 0 unspecified atom stereocenters. The molecule has 1 aromatic carbocycles. The lowest BCUT2D eigenvalue weighted by Gasteiger charge is -2.17. The van der Waals surface area contributed by atoms with Gasteiger partial charge in [-0.15, -0.1) is 0 Å². The largest absolute Gasteiger partial charge is 0.372 e. The van der Waals surface area contributed by atoms with Crippen molar-refractivity contribution < 1.29 is 0 Å². The van der Waals surface area contributed by atoms with Crippen LogP contribution in [0.3, 0.4) is 0 Å². The molecule has 0 spiro atoms. The van der Waals surface area contributed by atoms with Gasteiger partial charge in [0, 0.05) is 30.3 Å². The van der Waals surface area contributed by atoms with E-state index in [1.165, 1.54) is 43.2 Å². The molecule has 19 heavy (non-hydrogen) atoms. The Labute approximate surface area is 118 Å². The van der Waals surface area contributed by atoms with Crippen molar-refractivity contribution in [2.24, 2.45) is 0 Å². The normalized spacial score (nSPS) is 15.4. The number of anilines is 1. The first-order valence-corrected chi connectivity index (χ1v) is 7.70. The number of hydrogen-bond acceptors (Lipinski definition) is 4. The van der Waals surface area contributed by atoms with E-state index >= 15 is 0 Å². The molecule has 0 aliphatic carbocycles. The Hall–Kier alpha value is -1.42. The highest BCUT2D eigenvalue weighted by Gasteiger charge is 2.14. The van der Waals surface area contributed by atoms with E-state index < -0.39 is 0 Å². The zero-order chi connectivity index (χ0) is 13.2. The van der Waals surface area contributed by atoms with Crippen molar-refractivity contribution in [2.75, 3.05) is 18.0 Å². The van der Waals surface area contributed by atoms with Crippen LogP contribution in [0.15, 0.2) is 24.3 Å². The first-order chi connectivity index (χ1) is 9.24. The smallest absolute Gasteiger partial charge is 0.173 e. The third kappa shape index (κ3) is 2.63. The zero-order valence-electron chi connectivity index (χ0n) is 11.5. The second kappa shape index (κ2) is 5.29. The molecule has 0 amide bonds. The SMILES string of the molecule is CC(C)c1nc(-c2cccc(N3CCCC3)c2)ns1. The molecule has 0 atom stereocenters. The molecule has 0 saturated carbocycles. The van der Waals surface area contributed by atoms with Gasteiger partial charge in [-0.2, -0.15) is 4.37 Å². The molecule has 0 bridgehead atoms. The maximum Gasteiger partial charge on any atom is 0.173 e. The second-order valence-corrected chi connectivity index (χ2v) is 6.14. The van der Waals surface area contributed by atoms with Gasteiger partial charge in [-0.1, -0.05) is 26.0 Å². The van der Waals surface area contributed by atoms with Crippen molar-refractivity contribution in [1.29, 1.82) is 0 Å². The summed E-state index contributed by atoms with van der Waals surface area (Å²) < 4.78 is 4.49. The summed E-state index contributed by atoms with van der Waals surface area (Å²) in [6.45, 7) is 6.66. The lowest BCUT2D eigenvalue weighted by molar-refractivity contribution is 0.853. The number of aromatic nitrogens is 2. The number of nitrogens with zero attached hydrogens (tertiary/aromatic N) is 3. The summed E-state index contributed by atoms with van der Waals surface area (Å²) in [6.07, 6.45) is 2.60. The Bertz CT molecular complexity index is 556. The Kier molecular flexibility index (Phi) is 3.51. The highest BCUT2D eigenvalue weighted by Crippen LogP contribution is 2.27. The van der Waals surface area contributed by atoms with Gasteiger partial charge < -0.3 is 4.90 Å². The molecule has 1 saturated heterocycles. The van der Waals surface area contributed by atoms with Crippen molar-refractivity contribution in [3.05, 3.63) is 29.3 Å². The van der Waals surface area contributed by atoms with Gasteiger partial charge in [0.25, 0.3) is 0 Å². The summed E-state index contributed by atoms with van der Waals surface area (Å²) in [5.74, 6) is 1.32. The summed E-state index contributed by atoms with van der Waals surface area (Å²) in [6, 6.07) is 8.62. The third-order valence-electron chi connectivity index (χ3n) is 3.51. The van der Waals surface area contributed by atoms with E-state index in [9.17, 15) is 0 Å². The van der Waals surface area contributed by atoms with Crippen LogP contribution in [-0.2, 0) is 0 Å². The van der Waals surface area contributed by atoms with Crippen molar-refractivity contribution in [3.63, 3.8) is 0 Å². The molecule has 1 fully saturated rings. The predicted octanol–water partition coefficient (Wildman–Crippen LogP) is 3.93. The van der Waals surface area contributed by atoms with Crippen LogP contribution in [0.2, 0.25) is 0 Å². The summed E-state index contributed by atoms with van der Waals surface area (Å²) >= 11 is 1.52. The van der Waals surface area contributed by atoms with E-state index in [2.05, 4.69) is 52.4 Å². The van der Waals surface area contributed by atoms with Crippen molar-refractivity contribution in [1.82, 2.24) is 9.36 Å². The first-order valence-electron chi connectivity index (χ1n) is 6.93. The third-order valence-corrected chi connectivity index (χ3v) is 4.53. The van der Waals surface area contributed by atoms with Crippen LogP contribution in [-0.4, -0.2) is 22.4 Å². The average molecular weight is 273 g/mol. The van der Waals surface area contributed by atoms with E-state index in [0.717, 1.165) is 16.4 Å². The highest BCUT2D eigenvalue weighted by molar-refractivity contribution is 7.05. The highest BCUT2D eigenvalue weighted by atomic mass is 32.1. The maximum atomic E-state index is 4.64. The fourth-order valence-corrected chi connectivity index (χ4v) is 3.07. The molecule has 3 rings (SSSR count). The van der Waals surface area contributed by atoms with Crippen molar-refractivity contribution in [2.45, 2.75) is 32.6 Å². The van der Waals surface area contributed by atoms with E-state index in [1.807, 2.05) is 0 Å². The molecule has 1 aliphatic heterocycles. The van der Waals surface area contributed by atoms with Gasteiger partial charge >= 0.3 is 0 Å². The molecular weight excluding hydrogens is 254 g/mol.